The summed E-state index contributed by atoms with van der Waals surface area (Å²) in [5.41, 5.74) is 0.0570. The van der Waals surface area contributed by atoms with Crippen molar-refractivity contribution in [2.75, 3.05) is 5.32 Å². The van der Waals surface area contributed by atoms with Crippen LogP contribution >= 0.6 is 23.2 Å². The van der Waals surface area contributed by atoms with Gasteiger partial charge in [-0.3, -0.25) is 9.59 Å². The summed E-state index contributed by atoms with van der Waals surface area (Å²) >= 11 is 11.9. The molecule has 0 aliphatic carbocycles. The SMILES string of the molecule is Cc1c(Cl)cc(NC(=O)CC(C)(C)C(=O)O)cc1Cl. The van der Waals surface area contributed by atoms with E-state index in [1.165, 1.54) is 13.8 Å². The highest BCUT2D eigenvalue weighted by atomic mass is 35.5. The van der Waals surface area contributed by atoms with Gasteiger partial charge in [0.2, 0.25) is 5.91 Å². The molecular formula is C13H15Cl2NO3. The van der Waals surface area contributed by atoms with Gasteiger partial charge in [0.25, 0.3) is 0 Å². The van der Waals surface area contributed by atoms with Gasteiger partial charge in [-0.2, -0.15) is 0 Å². The summed E-state index contributed by atoms with van der Waals surface area (Å²) in [6.45, 7) is 4.75. The number of carbonyl (C=O) groups is 2. The maximum Gasteiger partial charge on any atom is 0.309 e. The molecule has 4 nitrogen and oxygen atoms in total. The molecule has 0 unspecified atom stereocenters. The van der Waals surface area contributed by atoms with Crippen molar-refractivity contribution in [3.8, 4) is 0 Å². The molecule has 0 bridgehead atoms. The number of aliphatic carboxylic acids is 1. The van der Waals surface area contributed by atoms with Crippen LogP contribution < -0.4 is 5.32 Å². The minimum Gasteiger partial charge on any atom is -0.481 e. The van der Waals surface area contributed by atoms with Gasteiger partial charge in [-0.25, -0.2) is 0 Å². The second-order valence-corrected chi connectivity index (χ2v) is 5.79. The van der Waals surface area contributed by atoms with Gasteiger partial charge in [-0.05, 0) is 38.5 Å². The maximum atomic E-state index is 11.8. The molecule has 0 spiro atoms. The number of amides is 1. The van der Waals surface area contributed by atoms with E-state index in [1.807, 2.05) is 0 Å². The Bertz CT molecular complexity index is 504. The number of carboxylic acids is 1. The molecule has 0 aliphatic rings. The van der Waals surface area contributed by atoms with Gasteiger partial charge in [-0.15, -0.1) is 0 Å². The van der Waals surface area contributed by atoms with Crippen LogP contribution in [0.5, 0.6) is 0 Å². The highest BCUT2D eigenvalue weighted by molar-refractivity contribution is 6.36. The smallest absolute Gasteiger partial charge is 0.309 e. The quantitative estimate of drug-likeness (QED) is 0.890. The van der Waals surface area contributed by atoms with E-state index in [0.717, 1.165) is 5.56 Å². The molecule has 2 N–H and O–H groups in total. The predicted octanol–water partition coefficient (Wildman–Crippen LogP) is 3.74. The van der Waals surface area contributed by atoms with Crippen LogP contribution in [0.15, 0.2) is 12.1 Å². The molecule has 19 heavy (non-hydrogen) atoms. The standard InChI is InChI=1S/C13H15Cl2NO3/c1-7-9(14)4-8(5-10(7)15)16-11(17)6-13(2,3)12(18)19/h4-5H,6H2,1-3H3,(H,16,17)(H,18,19). The Balaban J connectivity index is 2.81. The van der Waals surface area contributed by atoms with Gasteiger partial charge < -0.3 is 10.4 Å². The second-order valence-electron chi connectivity index (χ2n) is 4.98. The van der Waals surface area contributed by atoms with Crippen LogP contribution in [-0.2, 0) is 9.59 Å². The lowest BCUT2D eigenvalue weighted by Crippen LogP contribution is -2.29. The van der Waals surface area contributed by atoms with Gasteiger partial charge in [0, 0.05) is 22.2 Å². The first-order chi connectivity index (χ1) is 8.63. The van der Waals surface area contributed by atoms with E-state index in [-0.39, 0.29) is 6.42 Å². The molecule has 0 radical (unpaired) electrons. The lowest BCUT2D eigenvalue weighted by Gasteiger charge is -2.18. The van der Waals surface area contributed by atoms with Crippen molar-refractivity contribution in [1.82, 2.24) is 0 Å². The fourth-order valence-corrected chi connectivity index (χ4v) is 1.89. The van der Waals surface area contributed by atoms with Gasteiger partial charge in [-0.1, -0.05) is 23.2 Å². The Morgan fingerprint density at radius 1 is 1.26 bits per heavy atom. The summed E-state index contributed by atoms with van der Waals surface area (Å²) in [7, 11) is 0. The molecule has 104 valence electrons. The molecule has 0 aliphatic heterocycles. The normalized spacial score (nSPS) is 11.2. The van der Waals surface area contributed by atoms with Crippen LogP contribution in [-0.4, -0.2) is 17.0 Å². The Kier molecular flexibility index (Phi) is 4.82. The van der Waals surface area contributed by atoms with Crippen LogP contribution in [0.25, 0.3) is 0 Å². The zero-order chi connectivity index (χ0) is 14.8. The maximum absolute atomic E-state index is 11.8. The summed E-state index contributed by atoms with van der Waals surface area (Å²) in [5, 5.41) is 12.4. The summed E-state index contributed by atoms with van der Waals surface area (Å²) in [5.74, 6) is -1.42. The summed E-state index contributed by atoms with van der Waals surface area (Å²) in [6.07, 6.45) is -0.133. The lowest BCUT2D eigenvalue weighted by atomic mass is 9.89. The minimum atomic E-state index is -1.12. The highest BCUT2D eigenvalue weighted by Crippen LogP contribution is 2.29. The fourth-order valence-electron chi connectivity index (χ4n) is 1.40. The van der Waals surface area contributed by atoms with Gasteiger partial charge in [0.05, 0.1) is 5.41 Å². The Labute approximate surface area is 121 Å². The number of hydrogen-bond donors (Lipinski definition) is 2. The first-order valence-corrected chi connectivity index (χ1v) is 6.38. The molecule has 1 amide bonds. The average molecular weight is 304 g/mol. The van der Waals surface area contributed by atoms with Crippen LogP contribution in [0.4, 0.5) is 5.69 Å². The van der Waals surface area contributed by atoms with Gasteiger partial charge >= 0.3 is 5.97 Å². The van der Waals surface area contributed by atoms with Gasteiger partial charge in [0.15, 0.2) is 0 Å². The van der Waals surface area contributed by atoms with E-state index in [9.17, 15) is 9.59 Å². The first kappa shape index (κ1) is 15.8. The van der Waals surface area contributed by atoms with Crippen molar-refractivity contribution in [3.05, 3.63) is 27.7 Å². The Morgan fingerprint density at radius 3 is 2.16 bits per heavy atom. The predicted molar refractivity (Wildman–Crippen MR) is 75.9 cm³/mol. The monoisotopic (exact) mass is 303 g/mol. The third kappa shape index (κ3) is 4.11. The van der Waals surface area contributed by atoms with Crippen molar-refractivity contribution in [2.45, 2.75) is 27.2 Å². The zero-order valence-electron chi connectivity index (χ0n) is 10.9. The van der Waals surface area contributed by atoms with Crippen molar-refractivity contribution in [3.63, 3.8) is 0 Å². The first-order valence-electron chi connectivity index (χ1n) is 5.62. The molecule has 1 aromatic rings. The molecule has 1 aromatic carbocycles. The van der Waals surface area contributed by atoms with Crippen LogP contribution in [0.2, 0.25) is 10.0 Å². The molecule has 0 atom stereocenters. The molecule has 1 rings (SSSR count). The van der Waals surface area contributed by atoms with Crippen molar-refractivity contribution < 1.29 is 14.7 Å². The van der Waals surface area contributed by atoms with Crippen LogP contribution in [0, 0.1) is 12.3 Å². The van der Waals surface area contributed by atoms with E-state index < -0.39 is 17.3 Å². The van der Waals surface area contributed by atoms with Crippen LogP contribution in [0.3, 0.4) is 0 Å². The van der Waals surface area contributed by atoms with Crippen molar-refractivity contribution in [2.24, 2.45) is 5.41 Å². The Hall–Kier alpha value is -1.26. The topological polar surface area (TPSA) is 66.4 Å². The third-order valence-corrected chi connectivity index (χ3v) is 3.53. The number of carboxylic acid groups (broad SMARTS) is 1. The number of hydrogen-bond acceptors (Lipinski definition) is 2. The molecule has 0 fully saturated rings. The summed E-state index contributed by atoms with van der Waals surface area (Å²) in [6, 6.07) is 3.16. The summed E-state index contributed by atoms with van der Waals surface area (Å²) < 4.78 is 0. The number of rotatable bonds is 4. The average Bonchev–Trinajstić information content (AvgIpc) is 2.24. The van der Waals surface area contributed by atoms with E-state index in [2.05, 4.69) is 5.32 Å². The zero-order valence-corrected chi connectivity index (χ0v) is 12.4. The lowest BCUT2D eigenvalue weighted by molar-refractivity contribution is -0.148. The molecule has 6 heteroatoms. The minimum absolute atomic E-state index is 0.133. The molecule has 0 heterocycles. The number of anilines is 1. The van der Waals surface area contributed by atoms with Crippen molar-refractivity contribution >= 4 is 40.8 Å². The molecule has 0 aromatic heterocycles. The third-order valence-electron chi connectivity index (χ3n) is 2.75. The molecule has 0 saturated carbocycles. The number of nitrogens with one attached hydrogen (secondary N) is 1. The van der Waals surface area contributed by atoms with E-state index >= 15 is 0 Å². The highest BCUT2D eigenvalue weighted by Gasteiger charge is 2.30. The number of benzene rings is 1. The summed E-state index contributed by atoms with van der Waals surface area (Å²) in [4.78, 5) is 22.7. The number of halogens is 2. The van der Waals surface area contributed by atoms with E-state index in [1.54, 1.807) is 19.1 Å². The molecule has 0 saturated heterocycles. The second kappa shape index (κ2) is 5.80. The largest absolute Gasteiger partial charge is 0.481 e. The molecular weight excluding hydrogens is 289 g/mol. The van der Waals surface area contributed by atoms with Crippen LogP contribution in [0.1, 0.15) is 25.8 Å². The van der Waals surface area contributed by atoms with Gasteiger partial charge in [0.1, 0.15) is 0 Å². The van der Waals surface area contributed by atoms with Crippen molar-refractivity contribution in [1.29, 1.82) is 0 Å². The Morgan fingerprint density at radius 2 is 1.74 bits per heavy atom. The fraction of sp³-hybridized carbons (Fsp3) is 0.385. The van der Waals surface area contributed by atoms with E-state index in [4.69, 9.17) is 28.3 Å². The van der Waals surface area contributed by atoms with E-state index in [0.29, 0.717) is 15.7 Å². The number of carbonyl (C=O) groups excluding carboxylic acids is 1.